The van der Waals surface area contributed by atoms with Gasteiger partial charge in [0.15, 0.2) is 6.61 Å². The highest BCUT2D eigenvalue weighted by molar-refractivity contribution is 9.10. The Morgan fingerprint density at radius 1 is 1.16 bits per heavy atom. The molecule has 0 heterocycles. The molecule has 0 saturated heterocycles. The molecule has 10 heteroatoms. The van der Waals surface area contributed by atoms with Gasteiger partial charge in [-0.05, 0) is 42.5 Å². The van der Waals surface area contributed by atoms with Gasteiger partial charge in [0, 0.05) is 10.2 Å². The molecular formula is C15H12BrFN2O5S. The molecule has 132 valence electrons. The molecule has 0 bridgehead atoms. The topological polar surface area (TPSA) is 116 Å². The zero-order valence-corrected chi connectivity index (χ0v) is 14.9. The number of nitrogens with two attached hydrogens (primary N) is 1. The van der Waals surface area contributed by atoms with Gasteiger partial charge in [0.1, 0.15) is 5.82 Å². The Bertz CT molecular complexity index is 916. The molecule has 0 unspecified atom stereocenters. The highest BCUT2D eigenvalue weighted by Crippen LogP contribution is 2.16. The fraction of sp³-hybridized carbons (Fsp3) is 0.0667. The number of carbonyl (C=O) groups excluding carboxylic acids is 2. The molecule has 0 atom stereocenters. The third-order valence-corrected chi connectivity index (χ3v) is 4.37. The molecule has 3 N–H and O–H groups in total. The van der Waals surface area contributed by atoms with Gasteiger partial charge in [0.05, 0.1) is 10.5 Å². The molecule has 2 aromatic rings. The van der Waals surface area contributed by atoms with Crippen LogP contribution in [0.3, 0.4) is 0 Å². The Kier molecular flexibility index (Phi) is 5.88. The predicted molar refractivity (Wildman–Crippen MR) is 90.8 cm³/mol. The third-order valence-electron chi connectivity index (χ3n) is 2.95. The van der Waals surface area contributed by atoms with Crippen LogP contribution in [-0.4, -0.2) is 26.9 Å². The summed E-state index contributed by atoms with van der Waals surface area (Å²) in [6, 6.07) is 8.84. The molecule has 2 aromatic carbocycles. The maximum Gasteiger partial charge on any atom is 0.341 e. The van der Waals surface area contributed by atoms with Gasteiger partial charge in [-0.15, -0.1) is 0 Å². The van der Waals surface area contributed by atoms with Crippen molar-refractivity contribution in [1.29, 1.82) is 0 Å². The number of halogens is 2. The second-order valence-electron chi connectivity index (χ2n) is 4.82. The maximum atomic E-state index is 13.5. The van der Waals surface area contributed by atoms with E-state index in [1.807, 2.05) is 0 Å². The number of benzene rings is 2. The molecule has 0 aromatic heterocycles. The summed E-state index contributed by atoms with van der Waals surface area (Å²) < 4.78 is 41.0. The average molecular weight is 431 g/mol. The predicted octanol–water partition coefficient (Wildman–Crippen LogP) is 2.03. The number of rotatable bonds is 5. The number of ether oxygens (including phenoxy) is 1. The van der Waals surface area contributed by atoms with E-state index in [2.05, 4.69) is 21.2 Å². The monoisotopic (exact) mass is 430 g/mol. The van der Waals surface area contributed by atoms with E-state index in [1.165, 1.54) is 36.4 Å². The Labute approximate surface area is 151 Å². The first kappa shape index (κ1) is 19.0. The normalized spacial score (nSPS) is 11.0. The summed E-state index contributed by atoms with van der Waals surface area (Å²) in [4.78, 5) is 23.4. The van der Waals surface area contributed by atoms with Crippen molar-refractivity contribution in [3.8, 4) is 0 Å². The number of carbonyl (C=O) groups is 2. The molecule has 0 aliphatic carbocycles. The number of hydrogen-bond acceptors (Lipinski definition) is 5. The van der Waals surface area contributed by atoms with Crippen molar-refractivity contribution in [1.82, 2.24) is 0 Å². The minimum atomic E-state index is -3.83. The second kappa shape index (κ2) is 7.72. The van der Waals surface area contributed by atoms with Crippen LogP contribution in [0, 0.1) is 5.82 Å². The van der Waals surface area contributed by atoms with Crippen molar-refractivity contribution in [2.75, 3.05) is 11.9 Å². The summed E-state index contributed by atoms with van der Waals surface area (Å²) in [6.45, 7) is -0.637. The van der Waals surface area contributed by atoms with Crippen molar-refractivity contribution in [2.45, 2.75) is 4.90 Å². The van der Waals surface area contributed by atoms with Gasteiger partial charge in [0.2, 0.25) is 10.0 Å². The van der Waals surface area contributed by atoms with Crippen LogP contribution < -0.4 is 10.5 Å². The number of sulfonamides is 1. The van der Waals surface area contributed by atoms with Gasteiger partial charge < -0.3 is 10.1 Å². The molecule has 0 aliphatic rings. The summed E-state index contributed by atoms with van der Waals surface area (Å²) in [5, 5.41) is 7.36. The maximum absolute atomic E-state index is 13.5. The molecule has 7 nitrogen and oxygen atoms in total. The molecule has 0 aliphatic heterocycles. The van der Waals surface area contributed by atoms with Gasteiger partial charge in [-0.3, -0.25) is 4.79 Å². The van der Waals surface area contributed by atoms with E-state index in [-0.39, 0.29) is 16.1 Å². The van der Waals surface area contributed by atoms with Gasteiger partial charge in [-0.1, -0.05) is 15.9 Å². The Balaban J connectivity index is 1.94. The van der Waals surface area contributed by atoms with E-state index >= 15 is 0 Å². The van der Waals surface area contributed by atoms with E-state index in [0.29, 0.717) is 4.47 Å². The van der Waals surface area contributed by atoms with Crippen LogP contribution in [0.2, 0.25) is 0 Å². The average Bonchev–Trinajstić information content (AvgIpc) is 2.54. The van der Waals surface area contributed by atoms with Crippen molar-refractivity contribution in [3.05, 3.63) is 58.3 Å². The van der Waals surface area contributed by atoms with Crippen LogP contribution in [-0.2, 0) is 19.6 Å². The number of hydrogen-bond donors (Lipinski definition) is 2. The number of primary sulfonamides is 1. The minimum absolute atomic E-state index is 0.109. The lowest BCUT2D eigenvalue weighted by Crippen LogP contribution is -2.21. The van der Waals surface area contributed by atoms with E-state index < -0.39 is 34.3 Å². The first-order chi connectivity index (χ1) is 11.7. The molecule has 0 saturated carbocycles. The summed E-state index contributed by atoms with van der Waals surface area (Å²) in [5.41, 5.74) is -0.0261. The minimum Gasteiger partial charge on any atom is -0.452 e. The molecule has 0 radical (unpaired) electrons. The quantitative estimate of drug-likeness (QED) is 0.703. The lowest BCUT2D eigenvalue weighted by Gasteiger charge is -2.08. The summed E-state index contributed by atoms with van der Waals surface area (Å²) >= 11 is 3.10. The SMILES string of the molecule is NS(=O)(=O)c1ccc(NC(=O)COC(=O)c2cc(Br)ccc2F)cc1. The lowest BCUT2D eigenvalue weighted by atomic mass is 10.2. The Morgan fingerprint density at radius 3 is 2.40 bits per heavy atom. The van der Waals surface area contributed by atoms with Gasteiger partial charge >= 0.3 is 5.97 Å². The van der Waals surface area contributed by atoms with Crippen LogP contribution in [0.25, 0.3) is 0 Å². The zero-order chi connectivity index (χ0) is 18.6. The van der Waals surface area contributed by atoms with E-state index in [9.17, 15) is 22.4 Å². The standard InChI is InChI=1S/C15H12BrFN2O5S/c16-9-1-6-13(17)12(7-9)15(21)24-8-14(20)19-10-2-4-11(5-3-10)25(18,22)23/h1-7H,8H2,(H,19,20)(H2,18,22,23). The highest BCUT2D eigenvalue weighted by Gasteiger charge is 2.15. The molecular weight excluding hydrogens is 419 g/mol. The van der Waals surface area contributed by atoms with Crippen LogP contribution in [0.4, 0.5) is 10.1 Å². The molecule has 0 spiro atoms. The fourth-order valence-corrected chi connectivity index (χ4v) is 2.66. The largest absolute Gasteiger partial charge is 0.452 e. The Hall–Kier alpha value is -2.30. The first-order valence-corrected chi connectivity index (χ1v) is 9.05. The van der Waals surface area contributed by atoms with E-state index in [4.69, 9.17) is 9.88 Å². The summed E-state index contributed by atoms with van der Waals surface area (Å²) in [5.74, 6) is -2.43. The van der Waals surface area contributed by atoms with Crippen molar-refractivity contribution < 1.29 is 27.1 Å². The number of esters is 1. The summed E-state index contributed by atoms with van der Waals surface area (Å²) in [6.07, 6.45) is 0. The van der Waals surface area contributed by atoms with Crippen molar-refractivity contribution >= 4 is 43.5 Å². The van der Waals surface area contributed by atoms with Gasteiger partial charge in [-0.2, -0.15) is 0 Å². The summed E-state index contributed by atoms with van der Waals surface area (Å²) in [7, 11) is -3.83. The van der Waals surface area contributed by atoms with E-state index in [0.717, 1.165) is 6.07 Å². The fourth-order valence-electron chi connectivity index (χ4n) is 1.79. The molecule has 25 heavy (non-hydrogen) atoms. The second-order valence-corrected chi connectivity index (χ2v) is 7.29. The van der Waals surface area contributed by atoms with Gasteiger partial charge in [-0.25, -0.2) is 22.7 Å². The van der Waals surface area contributed by atoms with E-state index in [1.54, 1.807) is 0 Å². The molecule has 2 rings (SSSR count). The Morgan fingerprint density at radius 2 is 1.80 bits per heavy atom. The van der Waals surface area contributed by atoms with Crippen LogP contribution in [0.15, 0.2) is 51.8 Å². The van der Waals surface area contributed by atoms with Crippen LogP contribution >= 0.6 is 15.9 Å². The van der Waals surface area contributed by atoms with Crippen LogP contribution in [0.1, 0.15) is 10.4 Å². The molecule has 0 fully saturated rings. The lowest BCUT2D eigenvalue weighted by molar-refractivity contribution is -0.119. The number of anilines is 1. The van der Waals surface area contributed by atoms with Crippen molar-refractivity contribution in [2.24, 2.45) is 5.14 Å². The third kappa shape index (κ3) is 5.34. The first-order valence-electron chi connectivity index (χ1n) is 6.72. The smallest absolute Gasteiger partial charge is 0.341 e. The zero-order valence-electron chi connectivity index (χ0n) is 12.5. The number of amides is 1. The molecule has 1 amide bonds. The highest BCUT2D eigenvalue weighted by atomic mass is 79.9. The van der Waals surface area contributed by atoms with Crippen molar-refractivity contribution in [3.63, 3.8) is 0 Å². The van der Waals surface area contributed by atoms with Gasteiger partial charge in [0.25, 0.3) is 5.91 Å². The van der Waals surface area contributed by atoms with Crippen LogP contribution in [0.5, 0.6) is 0 Å². The number of nitrogens with one attached hydrogen (secondary N) is 1.